The lowest BCUT2D eigenvalue weighted by atomic mass is 10.5. The van der Waals surface area contributed by atoms with E-state index in [2.05, 4.69) is 25.9 Å². The molecule has 6 heteroatoms. The fourth-order valence-electron chi connectivity index (χ4n) is 0.975. The van der Waals surface area contributed by atoms with Crippen LogP contribution in [0.25, 0.3) is 5.78 Å². The van der Waals surface area contributed by atoms with Gasteiger partial charge in [-0.25, -0.2) is 9.97 Å². The Morgan fingerprint density at radius 1 is 1.62 bits per heavy atom. The molecular formula is C7H3BrClN3O. The van der Waals surface area contributed by atoms with Gasteiger partial charge in [0.1, 0.15) is 10.8 Å². The lowest BCUT2D eigenvalue weighted by Crippen LogP contribution is -1.87. The second-order valence-electron chi connectivity index (χ2n) is 2.35. The number of halogens is 2. The molecule has 0 aromatic carbocycles. The third kappa shape index (κ3) is 1.34. The van der Waals surface area contributed by atoms with Crippen LogP contribution in [0, 0.1) is 0 Å². The minimum absolute atomic E-state index is 0.201. The van der Waals surface area contributed by atoms with Crippen molar-refractivity contribution in [1.29, 1.82) is 0 Å². The van der Waals surface area contributed by atoms with Gasteiger partial charge in [0.25, 0.3) is 0 Å². The summed E-state index contributed by atoms with van der Waals surface area (Å²) in [4.78, 5) is 18.4. The number of imidazole rings is 1. The van der Waals surface area contributed by atoms with Crippen LogP contribution in [-0.2, 0) is 0 Å². The minimum Gasteiger partial charge on any atom is -0.296 e. The van der Waals surface area contributed by atoms with Crippen LogP contribution < -0.4 is 0 Å². The van der Waals surface area contributed by atoms with E-state index in [-0.39, 0.29) is 10.8 Å². The first kappa shape index (κ1) is 8.65. The summed E-state index contributed by atoms with van der Waals surface area (Å²) in [6, 6.07) is 0. The van der Waals surface area contributed by atoms with Crippen LogP contribution in [0.15, 0.2) is 16.9 Å². The zero-order valence-electron chi connectivity index (χ0n) is 6.24. The van der Waals surface area contributed by atoms with E-state index < -0.39 is 0 Å². The van der Waals surface area contributed by atoms with Crippen LogP contribution in [0.4, 0.5) is 0 Å². The second-order valence-corrected chi connectivity index (χ2v) is 3.62. The van der Waals surface area contributed by atoms with Gasteiger partial charge in [0.2, 0.25) is 5.78 Å². The van der Waals surface area contributed by atoms with Crippen molar-refractivity contribution in [2.45, 2.75) is 0 Å². The molecule has 0 amide bonds. The summed E-state index contributed by atoms with van der Waals surface area (Å²) < 4.78 is 2.31. The van der Waals surface area contributed by atoms with Gasteiger partial charge in [-0.1, -0.05) is 11.6 Å². The molecule has 66 valence electrons. The molecule has 2 heterocycles. The molecule has 0 aliphatic heterocycles. The van der Waals surface area contributed by atoms with Gasteiger partial charge in [-0.15, -0.1) is 0 Å². The molecule has 0 aliphatic rings. The molecule has 2 aromatic rings. The van der Waals surface area contributed by atoms with Crippen molar-refractivity contribution in [3.63, 3.8) is 0 Å². The summed E-state index contributed by atoms with van der Waals surface area (Å²) in [5.41, 5.74) is 0.201. The van der Waals surface area contributed by atoms with Gasteiger partial charge in [0, 0.05) is 12.4 Å². The van der Waals surface area contributed by atoms with Crippen LogP contribution in [0.3, 0.4) is 0 Å². The Morgan fingerprint density at radius 2 is 2.38 bits per heavy atom. The molecule has 0 fully saturated rings. The van der Waals surface area contributed by atoms with Gasteiger partial charge in [-0.2, -0.15) is 0 Å². The maximum absolute atomic E-state index is 10.5. The van der Waals surface area contributed by atoms with E-state index in [1.165, 1.54) is 4.40 Å². The highest BCUT2D eigenvalue weighted by atomic mass is 79.9. The van der Waals surface area contributed by atoms with Gasteiger partial charge in [-0.3, -0.25) is 9.20 Å². The minimum atomic E-state index is 0.201. The first-order valence-electron chi connectivity index (χ1n) is 3.36. The van der Waals surface area contributed by atoms with Gasteiger partial charge in [-0.05, 0) is 15.9 Å². The van der Waals surface area contributed by atoms with Crippen molar-refractivity contribution in [1.82, 2.24) is 14.4 Å². The molecule has 0 saturated heterocycles. The number of carbonyl (C=O) groups is 1. The van der Waals surface area contributed by atoms with E-state index in [0.717, 1.165) is 4.47 Å². The monoisotopic (exact) mass is 259 g/mol. The van der Waals surface area contributed by atoms with Gasteiger partial charge >= 0.3 is 0 Å². The normalized spacial score (nSPS) is 10.6. The molecule has 0 saturated carbocycles. The molecule has 0 radical (unpaired) electrons. The standard InChI is InChI=1S/C7H3BrClN3O/c8-4-1-10-7-11-5(3-13)6(9)12(7)2-4/h1-3H. The van der Waals surface area contributed by atoms with Crippen molar-refractivity contribution in [3.8, 4) is 0 Å². The average Bonchev–Trinajstić information content (AvgIpc) is 2.44. The maximum atomic E-state index is 10.5. The highest BCUT2D eigenvalue weighted by Crippen LogP contribution is 2.17. The summed E-state index contributed by atoms with van der Waals surface area (Å²) >= 11 is 9.08. The quantitative estimate of drug-likeness (QED) is 0.736. The SMILES string of the molecule is O=Cc1nc2ncc(Br)cn2c1Cl. The number of aromatic nitrogens is 3. The van der Waals surface area contributed by atoms with Gasteiger partial charge < -0.3 is 0 Å². The fourth-order valence-corrected chi connectivity index (χ4v) is 1.49. The van der Waals surface area contributed by atoms with E-state index in [1.54, 1.807) is 12.4 Å². The summed E-state index contributed by atoms with van der Waals surface area (Å²) in [6.45, 7) is 0. The number of rotatable bonds is 1. The van der Waals surface area contributed by atoms with Crippen LogP contribution in [-0.4, -0.2) is 20.7 Å². The van der Waals surface area contributed by atoms with Crippen molar-refractivity contribution < 1.29 is 4.79 Å². The molecule has 0 bridgehead atoms. The van der Waals surface area contributed by atoms with E-state index in [4.69, 9.17) is 11.6 Å². The predicted octanol–water partition coefficient (Wildman–Crippen LogP) is 1.96. The van der Waals surface area contributed by atoms with Gasteiger partial charge in [0.05, 0.1) is 4.47 Å². The van der Waals surface area contributed by atoms with Crippen molar-refractivity contribution in [3.05, 3.63) is 27.7 Å². The number of hydrogen-bond acceptors (Lipinski definition) is 3. The Hall–Kier alpha value is -0.940. The van der Waals surface area contributed by atoms with Crippen molar-refractivity contribution >= 4 is 39.6 Å². The highest BCUT2D eigenvalue weighted by Gasteiger charge is 2.09. The maximum Gasteiger partial charge on any atom is 0.235 e. The molecule has 4 nitrogen and oxygen atoms in total. The average molecular weight is 260 g/mol. The molecule has 2 rings (SSSR count). The third-order valence-corrected chi connectivity index (χ3v) is 2.31. The lowest BCUT2D eigenvalue weighted by molar-refractivity contribution is 0.111. The predicted molar refractivity (Wildman–Crippen MR) is 51.1 cm³/mol. The first-order chi connectivity index (χ1) is 6.22. The Bertz CT molecular complexity index is 482. The van der Waals surface area contributed by atoms with Crippen molar-refractivity contribution in [2.75, 3.05) is 0 Å². The topological polar surface area (TPSA) is 47.3 Å². The number of fused-ring (bicyclic) bond motifs is 1. The largest absolute Gasteiger partial charge is 0.296 e. The lowest BCUT2D eigenvalue weighted by Gasteiger charge is -1.93. The third-order valence-electron chi connectivity index (χ3n) is 1.53. The molecule has 0 atom stereocenters. The van der Waals surface area contributed by atoms with E-state index in [0.29, 0.717) is 12.1 Å². The Kier molecular flexibility index (Phi) is 2.05. The molecule has 0 aliphatic carbocycles. The highest BCUT2D eigenvalue weighted by molar-refractivity contribution is 9.10. The van der Waals surface area contributed by atoms with Gasteiger partial charge in [0.15, 0.2) is 6.29 Å². The van der Waals surface area contributed by atoms with Crippen LogP contribution in [0.1, 0.15) is 10.5 Å². The molecule has 0 N–H and O–H groups in total. The zero-order valence-corrected chi connectivity index (χ0v) is 8.58. The summed E-state index contributed by atoms with van der Waals surface area (Å²) in [5, 5.41) is 0.277. The number of aldehydes is 1. The number of hydrogen-bond donors (Lipinski definition) is 0. The van der Waals surface area contributed by atoms with E-state index >= 15 is 0 Å². The number of nitrogens with zero attached hydrogens (tertiary/aromatic N) is 3. The smallest absolute Gasteiger partial charge is 0.235 e. The second kappa shape index (κ2) is 3.08. The van der Waals surface area contributed by atoms with Crippen LogP contribution >= 0.6 is 27.5 Å². The molecule has 0 spiro atoms. The van der Waals surface area contributed by atoms with E-state index in [1.807, 2.05) is 0 Å². The summed E-state index contributed by atoms with van der Waals surface area (Å²) in [6.07, 6.45) is 3.89. The first-order valence-corrected chi connectivity index (χ1v) is 4.54. The molecular weight excluding hydrogens is 257 g/mol. The Labute approximate surface area is 86.7 Å². The Balaban J connectivity index is 2.84. The molecule has 2 aromatic heterocycles. The Morgan fingerprint density at radius 3 is 3.08 bits per heavy atom. The van der Waals surface area contributed by atoms with Crippen LogP contribution in [0.5, 0.6) is 0 Å². The summed E-state index contributed by atoms with van der Waals surface area (Å²) in [5.74, 6) is 0.412. The summed E-state index contributed by atoms with van der Waals surface area (Å²) in [7, 11) is 0. The zero-order chi connectivity index (χ0) is 9.42. The van der Waals surface area contributed by atoms with E-state index in [9.17, 15) is 4.79 Å². The van der Waals surface area contributed by atoms with Crippen LogP contribution in [0.2, 0.25) is 5.15 Å². The fraction of sp³-hybridized carbons (Fsp3) is 0. The van der Waals surface area contributed by atoms with Crippen molar-refractivity contribution in [2.24, 2.45) is 0 Å². The molecule has 0 unspecified atom stereocenters. The number of carbonyl (C=O) groups excluding carboxylic acids is 1. The molecule has 13 heavy (non-hydrogen) atoms.